The summed E-state index contributed by atoms with van der Waals surface area (Å²) in [6, 6.07) is 3.82. The molecule has 1 heterocycles. The third-order valence-electron chi connectivity index (χ3n) is 2.70. The van der Waals surface area contributed by atoms with E-state index in [-0.39, 0.29) is 10.9 Å². The summed E-state index contributed by atoms with van der Waals surface area (Å²) in [4.78, 5) is 32.6. The molecule has 0 aliphatic carbocycles. The number of benzene rings is 1. The number of carboxylic acids is 1. The summed E-state index contributed by atoms with van der Waals surface area (Å²) >= 11 is 3.15. The molecule has 0 unspecified atom stereocenters. The van der Waals surface area contributed by atoms with Gasteiger partial charge in [-0.1, -0.05) is 15.9 Å². The number of rotatable bonds is 3. The van der Waals surface area contributed by atoms with E-state index in [9.17, 15) is 19.7 Å². The van der Waals surface area contributed by atoms with E-state index < -0.39 is 28.4 Å². The number of carbonyl (C=O) groups is 2. The minimum atomic E-state index is -1.59. The largest absolute Gasteiger partial charge is 0.477 e. The standard InChI is InChI=1S/C11H7BrN2O6/c12-4-5-1-6-3-8(10(15)16)13(11(17)18)9(6)7(2-5)14(19)20/h1-3H,4H2,(H,15,16)(H,17,18). The van der Waals surface area contributed by atoms with Crippen LogP contribution in [0.2, 0.25) is 0 Å². The van der Waals surface area contributed by atoms with Crippen LogP contribution in [0.25, 0.3) is 10.9 Å². The molecule has 1 aromatic heterocycles. The SMILES string of the molecule is O=C(O)c1cc2cc(CBr)cc([N+](=O)[O-])c2n1C(=O)O. The molecule has 9 heteroatoms. The Morgan fingerprint density at radius 1 is 1.30 bits per heavy atom. The molecule has 2 aromatic rings. The molecular formula is C11H7BrN2O6. The van der Waals surface area contributed by atoms with E-state index in [1.54, 1.807) is 0 Å². The predicted octanol–water partition coefficient (Wildman–Crippen LogP) is 2.67. The number of alkyl halides is 1. The number of nitro benzene ring substituents is 1. The molecule has 0 spiro atoms. The van der Waals surface area contributed by atoms with Crippen LogP contribution in [0.5, 0.6) is 0 Å². The lowest BCUT2D eigenvalue weighted by Gasteiger charge is -2.03. The summed E-state index contributed by atoms with van der Waals surface area (Å²) in [5.41, 5.74) is -0.692. The third kappa shape index (κ3) is 2.11. The van der Waals surface area contributed by atoms with Gasteiger partial charge in [-0.3, -0.25) is 10.1 Å². The molecule has 20 heavy (non-hydrogen) atoms. The summed E-state index contributed by atoms with van der Waals surface area (Å²) in [5, 5.41) is 29.7. The maximum atomic E-state index is 11.2. The molecule has 0 radical (unpaired) electrons. The molecule has 1 aromatic carbocycles. The fourth-order valence-corrected chi connectivity index (χ4v) is 2.28. The van der Waals surface area contributed by atoms with Gasteiger partial charge in [0, 0.05) is 16.8 Å². The van der Waals surface area contributed by atoms with Crippen molar-refractivity contribution in [2.75, 3.05) is 0 Å². The van der Waals surface area contributed by atoms with Gasteiger partial charge in [0.1, 0.15) is 11.2 Å². The number of nitrogens with zero attached hydrogens (tertiary/aromatic N) is 2. The first kappa shape index (κ1) is 14.0. The second kappa shape index (κ2) is 4.93. The number of nitro groups is 1. The first-order valence-corrected chi connectivity index (χ1v) is 6.34. The van der Waals surface area contributed by atoms with Crippen molar-refractivity contribution in [1.29, 1.82) is 0 Å². The number of aromatic nitrogens is 1. The van der Waals surface area contributed by atoms with Crippen molar-refractivity contribution in [3.63, 3.8) is 0 Å². The average Bonchev–Trinajstić information content (AvgIpc) is 2.76. The van der Waals surface area contributed by atoms with Gasteiger partial charge < -0.3 is 10.2 Å². The monoisotopic (exact) mass is 342 g/mol. The van der Waals surface area contributed by atoms with Gasteiger partial charge in [0.2, 0.25) is 0 Å². The minimum absolute atomic E-state index is 0.188. The Morgan fingerprint density at radius 2 is 1.95 bits per heavy atom. The Morgan fingerprint density at radius 3 is 2.40 bits per heavy atom. The minimum Gasteiger partial charge on any atom is -0.477 e. The van der Waals surface area contributed by atoms with E-state index in [4.69, 9.17) is 10.2 Å². The second-order valence-corrected chi connectivity index (χ2v) is 4.46. The van der Waals surface area contributed by atoms with Gasteiger partial charge in [0.15, 0.2) is 0 Å². The van der Waals surface area contributed by atoms with Crippen molar-refractivity contribution in [3.8, 4) is 0 Å². The van der Waals surface area contributed by atoms with Gasteiger partial charge in [0.25, 0.3) is 5.69 Å². The van der Waals surface area contributed by atoms with Crippen molar-refractivity contribution in [2.45, 2.75) is 5.33 Å². The van der Waals surface area contributed by atoms with Crippen LogP contribution in [-0.2, 0) is 5.33 Å². The molecule has 2 N–H and O–H groups in total. The van der Waals surface area contributed by atoms with Gasteiger partial charge in [-0.2, -0.15) is 0 Å². The number of non-ortho nitro benzene ring substituents is 1. The van der Waals surface area contributed by atoms with Gasteiger partial charge in [-0.05, 0) is 17.7 Å². The van der Waals surface area contributed by atoms with Crippen molar-refractivity contribution in [3.05, 3.63) is 39.6 Å². The number of halogens is 1. The zero-order valence-electron chi connectivity index (χ0n) is 9.74. The second-order valence-electron chi connectivity index (χ2n) is 3.90. The van der Waals surface area contributed by atoms with Gasteiger partial charge in [0.05, 0.1) is 4.92 Å². The van der Waals surface area contributed by atoms with Crippen LogP contribution in [0, 0.1) is 10.1 Å². The van der Waals surface area contributed by atoms with Gasteiger partial charge in [-0.15, -0.1) is 0 Å². The maximum absolute atomic E-state index is 11.2. The maximum Gasteiger partial charge on any atom is 0.416 e. The lowest BCUT2D eigenvalue weighted by molar-refractivity contribution is -0.383. The van der Waals surface area contributed by atoms with Crippen molar-refractivity contribution < 1.29 is 24.7 Å². The van der Waals surface area contributed by atoms with Crippen LogP contribution in [0.1, 0.15) is 16.1 Å². The Kier molecular flexibility index (Phi) is 3.45. The summed E-state index contributed by atoms with van der Waals surface area (Å²) < 4.78 is 0.411. The van der Waals surface area contributed by atoms with Crippen molar-refractivity contribution >= 4 is 44.6 Å². The number of carboxylic acid groups (broad SMARTS) is 2. The molecule has 0 saturated carbocycles. The van der Waals surface area contributed by atoms with E-state index >= 15 is 0 Å². The summed E-state index contributed by atoms with van der Waals surface area (Å²) in [7, 11) is 0. The van der Waals surface area contributed by atoms with Crippen molar-refractivity contribution in [1.82, 2.24) is 4.57 Å². The number of hydrogen-bond donors (Lipinski definition) is 2. The zero-order chi connectivity index (χ0) is 15.0. The first-order valence-electron chi connectivity index (χ1n) is 5.22. The Hall–Kier alpha value is -2.42. The lowest BCUT2D eigenvalue weighted by Crippen LogP contribution is -2.15. The highest BCUT2D eigenvalue weighted by Gasteiger charge is 2.26. The topological polar surface area (TPSA) is 123 Å². The van der Waals surface area contributed by atoms with E-state index in [0.717, 1.165) is 6.07 Å². The lowest BCUT2D eigenvalue weighted by atomic mass is 10.1. The molecule has 0 aliphatic rings. The van der Waals surface area contributed by atoms with E-state index in [1.165, 1.54) is 12.1 Å². The Balaban J connectivity index is 2.98. The quantitative estimate of drug-likeness (QED) is 0.502. The number of hydrogen-bond acceptors (Lipinski definition) is 4. The fraction of sp³-hybridized carbons (Fsp3) is 0.0909. The Bertz CT molecular complexity index is 751. The van der Waals surface area contributed by atoms with Gasteiger partial charge >= 0.3 is 12.1 Å². The molecule has 0 atom stereocenters. The van der Waals surface area contributed by atoms with Crippen LogP contribution in [0.3, 0.4) is 0 Å². The van der Waals surface area contributed by atoms with Crippen LogP contribution in [0.4, 0.5) is 10.5 Å². The highest BCUT2D eigenvalue weighted by molar-refractivity contribution is 9.08. The Labute approximate surface area is 119 Å². The molecule has 0 fully saturated rings. The molecule has 8 nitrogen and oxygen atoms in total. The summed E-state index contributed by atoms with van der Waals surface area (Å²) in [5.74, 6) is -1.47. The van der Waals surface area contributed by atoms with Crippen LogP contribution >= 0.6 is 15.9 Å². The highest BCUT2D eigenvalue weighted by Crippen LogP contribution is 2.31. The molecule has 0 bridgehead atoms. The molecular weight excluding hydrogens is 336 g/mol. The highest BCUT2D eigenvalue weighted by atomic mass is 79.9. The first-order chi connectivity index (χ1) is 9.36. The van der Waals surface area contributed by atoms with Crippen molar-refractivity contribution in [2.24, 2.45) is 0 Å². The fourth-order valence-electron chi connectivity index (χ4n) is 1.96. The predicted molar refractivity (Wildman–Crippen MR) is 71.6 cm³/mol. The smallest absolute Gasteiger partial charge is 0.416 e. The zero-order valence-corrected chi connectivity index (χ0v) is 11.3. The third-order valence-corrected chi connectivity index (χ3v) is 3.34. The van der Waals surface area contributed by atoms with E-state index in [2.05, 4.69) is 15.9 Å². The average molecular weight is 343 g/mol. The molecule has 0 aliphatic heterocycles. The summed E-state index contributed by atoms with van der Waals surface area (Å²) in [6.45, 7) is 0. The van der Waals surface area contributed by atoms with E-state index in [1.807, 2.05) is 0 Å². The molecule has 0 saturated heterocycles. The summed E-state index contributed by atoms with van der Waals surface area (Å²) in [6.07, 6.45) is -1.59. The van der Waals surface area contributed by atoms with E-state index in [0.29, 0.717) is 15.5 Å². The number of fused-ring (bicyclic) bond motifs is 1. The molecule has 2 rings (SSSR count). The van der Waals surface area contributed by atoms with Crippen LogP contribution < -0.4 is 0 Å². The molecule has 104 valence electrons. The number of aromatic carboxylic acids is 1. The van der Waals surface area contributed by atoms with Gasteiger partial charge in [-0.25, -0.2) is 14.2 Å². The normalized spacial score (nSPS) is 10.7. The van der Waals surface area contributed by atoms with Crippen LogP contribution in [-0.4, -0.2) is 31.8 Å². The van der Waals surface area contributed by atoms with Crippen LogP contribution in [0.15, 0.2) is 18.2 Å². The molecule has 0 amide bonds.